The third-order valence-corrected chi connectivity index (χ3v) is 9.49. The van der Waals surface area contributed by atoms with Gasteiger partial charge in [0.1, 0.15) is 0 Å². The van der Waals surface area contributed by atoms with Crippen LogP contribution in [0.25, 0.3) is 0 Å². The van der Waals surface area contributed by atoms with E-state index >= 15 is 0 Å². The third-order valence-electron chi connectivity index (χ3n) is 8.24. The van der Waals surface area contributed by atoms with Crippen LogP contribution in [0.1, 0.15) is 134 Å². The van der Waals surface area contributed by atoms with Gasteiger partial charge >= 0.3 is 0 Å². The highest BCUT2D eigenvalue weighted by atomic mass is 127. The van der Waals surface area contributed by atoms with Crippen LogP contribution in [0.4, 0.5) is 0 Å². The van der Waals surface area contributed by atoms with E-state index in [-0.39, 0.29) is 25.1 Å². The van der Waals surface area contributed by atoms with Crippen molar-refractivity contribution in [3.05, 3.63) is 142 Å². The summed E-state index contributed by atoms with van der Waals surface area (Å²) in [6.07, 6.45) is 11.0. The lowest BCUT2D eigenvalue weighted by Gasteiger charge is -2.19. The number of hydrogen-bond donors (Lipinski definition) is 0. The van der Waals surface area contributed by atoms with E-state index in [1.165, 1.54) is 44.9 Å². The van der Waals surface area contributed by atoms with Gasteiger partial charge in [0.25, 0.3) is 0 Å². The zero-order valence-corrected chi connectivity index (χ0v) is 29.9. The van der Waals surface area contributed by atoms with Crippen LogP contribution < -0.4 is 0 Å². The fourth-order valence-electron chi connectivity index (χ4n) is 5.58. The maximum atomic E-state index is 13.2. The standard InChI is InChI=1S/C39H38I2O4/c1-2-3-4-5-6-7-8-9-10-35(27-11-15-29(16-12-27)36(42)31-19-23-33(24-20-31)38(40)44)28-13-17-30(18-14-28)37(43)32-21-25-34(26-22-32)39(41)45/h11-26,35H,2-10H2,1H3. The zero-order chi connectivity index (χ0) is 32.2. The highest BCUT2D eigenvalue weighted by Crippen LogP contribution is 2.31. The van der Waals surface area contributed by atoms with Gasteiger partial charge in [0.2, 0.25) is 7.58 Å². The maximum absolute atomic E-state index is 13.2. The van der Waals surface area contributed by atoms with E-state index in [0.29, 0.717) is 33.4 Å². The fraction of sp³-hybridized carbons (Fsp3) is 0.282. The Balaban J connectivity index is 1.50. The molecule has 0 aliphatic rings. The van der Waals surface area contributed by atoms with E-state index in [9.17, 15) is 19.2 Å². The van der Waals surface area contributed by atoms with Crippen LogP contribution in [0, 0.1) is 0 Å². The molecule has 0 amide bonds. The molecule has 232 valence electrons. The lowest BCUT2D eigenvalue weighted by Crippen LogP contribution is -2.06. The van der Waals surface area contributed by atoms with Crippen molar-refractivity contribution in [1.29, 1.82) is 0 Å². The summed E-state index contributed by atoms with van der Waals surface area (Å²) in [5.41, 5.74) is 5.74. The monoisotopic (exact) mass is 824 g/mol. The van der Waals surface area contributed by atoms with Crippen molar-refractivity contribution in [3.63, 3.8) is 0 Å². The Kier molecular flexibility index (Phi) is 13.7. The van der Waals surface area contributed by atoms with Crippen molar-refractivity contribution >= 4 is 64.3 Å². The third kappa shape index (κ3) is 10.0. The first-order chi connectivity index (χ1) is 21.8. The minimum Gasteiger partial charge on any atom is -0.289 e. The predicted octanol–water partition coefficient (Wildman–Crippen LogP) is 11.0. The smallest absolute Gasteiger partial charge is 0.222 e. The van der Waals surface area contributed by atoms with E-state index in [4.69, 9.17) is 0 Å². The fourth-order valence-corrected chi connectivity index (χ4v) is 6.30. The van der Waals surface area contributed by atoms with Gasteiger partial charge in [0.15, 0.2) is 11.6 Å². The average Bonchev–Trinajstić information content (AvgIpc) is 3.07. The SMILES string of the molecule is CCCCCCCCCCC(c1ccc(C(=O)c2ccc(C(=O)I)cc2)cc1)c1ccc(C(=O)c2ccc(C(=O)I)cc2)cc1. The van der Waals surface area contributed by atoms with E-state index in [1.807, 2.05) is 48.5 Å². The van der Waals surface area contributed by atoms with Crippen LogP contribution in [-0.2, 0) is 0 Å². The molecule has 4 nitrogen and oxygen atoms in total. The van der Waals surface area contributed by atoms with Gasteiger partial charge in [-0.25, -0.2) is 0 Å². The predicted molar refractivity (Wildman–Crippen MR) is 198 cm³/mol. The van der Waals surface area contributed by atoms with Gasteiger partial charge in [-0.2, -0.15) is 0 Å². The maximum Gasteiger partial charge on any atom is 0.222 e. The van der Waals surface area contributed by atoms with Crippen molar-refractivity contribution in [2.45, 2.75) is 70.6 Å². The summed E-state index contributed by atoms with van der Waals surface area (Å²) in [5.74, 6) is -0.0129. The molecule has 0 aliphatic heterocycles. The Morgan fingerprint density at radius 2 is 0.733 bits per heavy atom. The summed E-state index contributed by atoms with van der Waals surface area (Å²) in [6, 6.07) is 29.3. The molecule has 4 aromatic rings. The Hall–Kier alpha value is -2.98. The van der Waals surface area contributed by atoms with E-state index < -0.39 is 0 Å². The van der Waals surface area contributed by atoms with E-state index in [1.54, 1.807) is 93.7 Å². The second kappa shape index (κ2) is 17.6. The highest BCUT2D eigenvalue weighted by molar-refractivity contribution is 14.1. The molecule has 0 bridgehead atoms. The molecule has 6 heteroatoms. The van der Waals surface area contributed by atoms with Gasteiger partial charge < -0.3 is 0 Å². The van der Waals surface area contributed by atoms with Crippen LogP contribution in [0.2, 0.25) is 0 Å². The lowest BCUT2D eigenvalue weighted by molar-refractivity contribution is 0.103. The van der Waals surface area contributed by atoms with Gasteiger partial charge in [0, 0.05) is 84.5 Å². The number of rotatable bonds is 17. The molecule has 0 saturated carbocycles. The Labute approximate surface area is 293 Å². The molecule has 0 atom stereocenters. The van der Waals surface area contributed by atoms with Crippen molar-refractivity contribution in [2.24, 2.45) is 0 Å². The van der Waals surface area contributed by atoms with E-state index in [0.717, 1.165) is 24.0 Å². The molecule has 0 aliphatic carbocycles. The second-order valence-corrected chi connectivity index (χ2v) is 13.4. The number of carbonyl (C=O) groups is 4. The molecule has 0 unspecified atom stereocenters. The number of halogens is 2. The van der Waals surface area contributed by atoms with Crippen molar-refractivity contribution in [2.75, 3.05) is 0 Å². The summed E-state index contributed by atoms with van der Waals surface area (Å²) < 4.78 is -0.113. The molecule has 0 aromatic heterocycles. The topological polar surface area (TPSA) is 68.3 Å². The summed E-state index contributed by atoms with van der Waals surface area (Å²) in [7, 11) is 0. The summed E-state index contributed by atoms with van der Waals surface area (Å²) in [6.45, 7) is 2.24. The van der Waals surface area contributed by atoms with Gasteiger partial charge in [-0.3, -0.25) is 19.2 Å². The number of hydrogen-bond acceptors (Lipinski definition) is 4. The second-order valence-electron chi connectivity index (χ2n) is 11.4. The molecule has 0 radical (unpaired) electrons. The van der Waals surface area contributed by atoms with Crippen LogP contribution in [-0.4, -0.2) is 19.1 Å². The van der Waals surface area contributed by atoms with Crippen molar-refractivity contribution < 1.29 is 19.2 Å². The normalized spacial score (nSPS) is 11.0. The molecule has 0 saturated heterocycles. The number of benzene rings is 4. The molecular weight excluding hydrogens is 786 g/mol. The molecule has 0 N–H and O–H groups in total. The van der Waals surface area contributed by atoms with Crippen molar-refractivity contribution in [3.8, 4) is 0 Å². The van der Waals surface area contributed by atoms with Gasteiger partial charge in [-0.05, 0) is 41.8 Å². The van der Waals surface area contributed by atoms with Crippen LogP contribution in [0.15, 0.2) is 97.1 Å². The summed E-state index contributed by atoms with van der Waals surface area (Å²) in [4.78, 5) is 49.5. The quantitative estimate of drug-likeness (QED) is 0.0460. The molecule has 45 heavy (non-hydrogen) atoms. The number of unbranched alkanes of at least 4 members (excludes halogenated alkanes) is 7. The zero-order valence-electron chi connectivity index (χ0n) is 25.6. The Morgan fingerprint density at radius 3 is 1.07 bits per heavy atom. The molecule has 0 heterocycles. The first kappa shape index (κ1) is 34.9. The Morgan fingerprint density at radius 1 is 0.444 bits per heavy atom. The van der Waals surface area contributed by atoms with Crippen LogP contribution in [0.3, 0.4) is 0 Å². The van der Waals surface area contributed by atoms with Gasteiger partial charge in [0.05, 0.1) is 0 Å². The van der Waals surface area contributed by atoms with Gasteiger partial charge in [-0.1, -0.05) is 131 Å². The Bertz CT molecular complexity index is 1480. The number of ketones is 2. The lowest BCUT2D eigenvalue weighted by atomic mass is 9.85. The average molecular weight is 825 g/mol. The van der Waals surface area contributed by atoms with Gasteiger partial charge in [-0.15, -0.1) is 0 Å². The largest absolute Gasteiger partial charge is 0.289 e. The molecule has 4 aromatic carbocycles. The molecular formula is C39H38I2O4. The minimum absolute atomic E-state index is 0.0565. The molecule has 0 spiro atoms. The van der Waals surface area contributed by atoms with Crippen LogP contribution in [0.5, 0.6) is 0 Å². The summed E-state index contributed by atoms with van der Waals surface area (Å²) >= 11 is 3.49. The van der Waals surface area contributed by atoms with Crippen molar-refractivity contribution in [1.82, 2.24) is 0 Å². The molecule has 4 rings (SSSR count). The van der Waals surface area contributed by atoms with Crippen LogP contribution >= 0.6 is 45.2 Å². The van der Waals surface area contributed by atoms with E-state index in [2.05, 4.69) is 6.92 Å². The first-order valence-electron chi connectivity index (χ1n) is 15.7. The summed E-state index contributed by atoms with van der Waals surface area (Å²) in [5, 5.41) is 0. The number of carbonyl (C=O) groups excluding carboxylic acids is 4. The minimum atomic E-state index is -0.0765. The first-order valence-corrected chi connectivity index (χ1v) is 17.8. The molecule has 0 fully saturated rings. The highest BCUT2D eigenvalue weighted by Gasteiger charge is 2.18.